The number of nitrogens with one attached hydrogen (secondary N) is 4. The van der Waals surface area contributed by atoms with E-state index in [1.165, 1.54) is 5.01 Å². The summed E-state index contributed by atoms with van der Waals surface area (Å²) in [5.41, 5.74) is 4.05. The molecule has 1 aliphatic rings. The summed E-state index contributed by atoms with van der Waals surface area (Å²) in [5, 5.41) is 7.05. The molecule has 1 amide bonds. The Labute approximate surface area is 169 Å². The highest BCUT2D eigenvalue weighted by molar-refractivity contribution is 7.92. The van der Waals surface area contributed by atoms with Crippen molar-refractivity contribution in [2.45, 2.75) is 26.6 Å². The number of guanidine groups is 1. The zero-order valence-electron chi connectivity index (χ0n) is 15.2. The van der Waals surface area contributed by atoms with Crippen LogP contribution >= 0.6 is 11.6 Å². The maximum absolute atomic E-state index is 12.7. The molecule has 162 valence electrons. The lowest BCUT2D eigenvalue weighted by Crippen LogP contribution is -2.47. The first-order chi connectivity index (χ1) is 13.5. The van der Waals surface area contributed by atoms with Gasteiger partial charge in [0.2, 0.25) is 16.0 Å². The zero-order valence-corrected chi connectivity index (χ0v) is 16.8. The van der Waals surface area contributed by atoms with Crippen LogP contribution in [0.3, 0.4) is 0 Å². The van der Waals surface area contributed by atoms with Gasteiger partial charge in [-0.05, 0) is 25.5 Å². The number of amides is 1. The molecule has 0 radical (unpaired) electrons. The van der Waals surface area contributed by atoms with Gasteiger partial charge >= 0.3 is 6.36 Å². The molecule has 0 spiro atoms. The standard InChI is InChI=1S/C14H18ClF3N6O4S/c1-3-7-29(26,27)21-11-9(28-14(16,17)18)6-5-8(10(11)15)12(25)19-13-20-22-23-24(13)4-2/h5-6,21-23H,3-4,7H2,1-2H3,(H,19,20,25). The number of ether oxygens (including phenoxy) is 1. The summed E-state index contributed by atoms with van der Waals surface area (Å²) >= 11 is 6.08. The molecule has 4 N–H and O–H groups in total. The third-order valence-electron chi connectivity index (χ3n) is 3.45. The number of alkyl halides is 3. The average molecular weight is 459 g/mol. The fourth-order valence-corrected chi connectivity index (χ4v) is 3.76. The second kappa shape index (κ2) is 8.92. The minimum atomic E-state index is -5.10. The largest absolute Gasteiger partial charge is 0.573 e. The minimum Gasteiger partial charge on any atom is -0.403 e. The molecule has 0 unspecified atom stereocenters. The Bertz CT molecular complexity index is 909. The Hall–Kier alpha value is -2.45. The van der Waals surface area contributed by atoms with Crippen LogP contribution in [0.5, 0.6) is 5.75 Å². The van der Waals surface area contributed by atoms with Crippen LogP contribution in [0, 0.1) is 0 Å². The minimum absolute atomic E-state index is 0.0808. The second-order valence-electron chi connectivity index (χ2n) is 5.63. The van der Waals surface area contributed by atoms with Crippen LogP contribution in [-0.4, -0.2) is 44.0 Å². The lowest BCUT2D eigenvalue weighted by molar-refractivity contribution is -0.274. The molecule has 0 aliphatic carbocycles. The topological polar surface area (TPSA) is 124 Å². The van der Waals surface area contributed by atoms with Crippen LogP contribution in [0.15, 0.2) is 17.2 Å². The molecule has 10 nitrogen and oxygen atoms in total. The van der Waals surface area contributed by atoms with Crippen LogP contribution in [0.25, 0.3) is 0 Å². The van der Waals surface area contributed by atoms with Crippen molar-refractivity contribution in [2.24, 2.45) is 5.10 Å². The summed E-state index contributed by atoms with van der Waals surface area (Å²) in [7, 11) is -4.03. The predicted molar refractivity (Wildman–Crippen MR) is 99.4 cm³/mol. The molecule has 0 saturated carbocycles. The third-order valence-corrected chi connectivity index (χ3v) is 5.30. The Balaban J connectivity index is 2.41. The first-order valence-corrected chi connectivity index (χ1v) is 10.3. The number of hydrazone groups is 1. The van der Waals surface area contributed by atoms with Gasteiger partial charge in [0.25, 0.3) is 5.91 Å². The summed E-state index contributed by atoms with van der Waals surface area (Å²) in [6.07, 6.45) is -4.90. The zero-order chi connectivity index (χ0) is 21.8. The van der Waals surface area contributed by atoms with E-state index in [0.29, 0.717) is 6.54 Å². The highest BCUT2D eigenvalue weighted by Crippen LogP contribution is 2.38. The first-order valence-electron chi connectivity index (χ1n) is 8.23. The maximum Gasteiger partial charge on any atom is 0.573 e. The van der Waals surface area contributed by atoms with Gasteiger partial charge < -0.3 is 4.74 Å². The van der Waals surface area contributed by atoms with Gasteiger partial charge in [-0.15, -0.1) is 23.8 Å². The Morgan fingerprint density at radius 1 is 1.34 bits per heavy atom. The van der Waals surface area contributed by atoms with E-state index in [2.05, 4.69) is 26.2 Å². The molecule has 2 rings (SSSR count). The van der Waals surface area contributed by atoms with E-state index < -0.39 is 38.8 Å². The van der Waals surface area contributed by atoms with Gasteiger partial charge in [-0.1, -0.05) is 18.5 Å². The fraction of sp³-hybridized carbons (Fsp3) is 0.429. The van der Waals surface area contributed by atoms with Gasteiger partial charge in [0.05, 0.1) is 16.3 Å². The number of hydrogen-bond acceptors (Lipinski definition) is 8. The van der Waals surface area contributed by atoms with Crippen molar-refractivity contribution >= 4 is 39.2 Å². The maximum atomic E-state index is 12.7. The molecule has 1 aliphatic heterocycles. The summed E-state index contributed by atoms with van der Waals surface area (Å²) < 4.78 is 68.0. The van der Waals surface area contributed by atoms with Crippen LogP contribution in [-0.2, 0) is 10.0 Å². The number of anilines is 1. The lowest BCUT2D eigenvalue weighted by Gasteiger charge is -2.19. The van der Waals surface area contributed by atoms with E-state index in [9.17, 15) is 26.4 Å². The summed E-state index contributed by atoms with van der Waals surface area (Å²) in [6, 6.07) is 1.77. The molecule has 1 aromatic carbocycles. The average Bonchev–Trinajstić information content (AvgIpc) is 3.03. The number of rotatable bonds is 7. The molecule has 0 atom stereocenters. The molecule has 15 heteroatoms. The van der Waals surface area contributed by atoms with Crippen molar-refractivity contribution in [1.29, 1.82) is 0 Å². The molecule has 1 aromatic rings. The molecular weight excluding hydrogens is 441 g/mol. The van der Waals surface area contributed by atoms with Gasteiger partial charge in [0.15, 0.2) is 5.75 Å². The molecule has 0 fully saturated rings. The first kappa shape index (κ1) is 22.8. The monoisotopic (exact) mass is 458 g/mol. The van der Waals surface area contributed by atoms with Crippen molar-refractivity contribution in [2.75, 3.05) is 17.0 Å². The molecule has 0 aromatic heterocycles. The SMILES string of the molecule is CCCS(=O)(=O)Nc1c(OC(F)(F)F)ccc(C(=O)NC2=NNNN2CC)c1Cl. The molecular formula is C14H18ClF3N6O4S. The normalized spacial score (nSPS) is 14.3. The van der Waals surface area contributed by atoms with E-state index in [0.717, 1.165) is 12.1 Å². The van der Waals surface area contributed by atoms with Crippen LogP contribution in [0.2, 0.25) is 5.02 Å². The summed E-state index contributed by atoms with van der Waals surface area (Å²) in [5.74, 6) is -2.01. The lowest BCUT2D eigenvalue weighted by atomic mass is 10.1. The van der Waals surface area contributed by atoms with Gasteiger partial charge in [-0.3, -0.25) is 19.8 Å². The highest BCUT2D eigenvalue weighted by atomic mass is 35.5. The number of carbonyl (C=O) groups is 1. The van der Waals surface area contributed by atoms with E-state index in [1.807, 2.05) is 4.72 Å². The summed E-state index contributed by atoms with van der Waals surface area (Å²) in [4.78, 5) is 12.5. The van der Waals surface area contributed by atoms with Crippen molar-refractivity contribution < 1.29 is 31.1 Å². The number of hydrogen-bond donors (Lipinski definition) is 4. The number of sulfonamides is 1. The van der Waals surface area contributed by atoms with Crippen molar-refractivity contribution in [1.82, 2.24) is 21.4 Å². The van der Waals surface area contributed by atoms with Crippen molar-refractivity contribution in [3.8, 4) is 5.75 Å². The van der Waals surface area contributed by atoms with E-state index in [1.54, 1.807) is 13.8 Å². The van der Waals surface area contributed by atoms with Crippen LogP contribution in [0.1, 0.15) is 30.6 Å². The quantitative estimate of drug-likeness (QED) is 0.490. The number of benzene rings is 1. The van der Waals surface area contributed by atoms with Crippen molar-refractivity contribution in [3.05, 3.63) is 22.7 Å². The van der Waals surface area contributed by atoms with E-state index in [4.69, 9.17) is 11.6 Å². The van der Waals surface area contributed by atoms with Gasteiger partial charge in [0, 0.05) is 6.54 Å². The Morgan fingerprint density at radius 2 is 2.03 bits per heavy atom. The van der Waals surface area contributed by atoms with Crippen molar-refractivity contribution in [3.63, 3.8) is 0 Å². The fourth-order valence-electron chi connectivity index (χ4n) is 2.26. The molecule has 29 heavy (non-hydrogen) atoms. The van der Waals surface area contributed by atoms with Gasteiger partial charge in [-0.2, -0.15) is 0 Å². The third kappa shape index (κ3) is 6.01. The number of carbonyl (C=O) groups excluding carboxylic acids is 1. The molecule has 1 heterocycles. The van der Waals surface area contributed by atoms with E-state index >= 15 is 0 Å². The molecule has 0 saturated heterocycles. The second-order valence-corrected chi connectivity index (χ2v) is 7.85. The number of halogens is 4. The van der Waals surface area contributed by atoms with E-state index in [-0.39, 0.29) is 23.7 Å². The highest BCUT2D eigenvalue weighted by Gasteiger charge is 2.34. The Kier molecular flexibility index (Phi) is 7.02. The molecule has 0 bridgehead atoms. The number of nitrogens with zero attached hydrogens (tertiary/aromatic N) is 2. The van der Waals surface area contributed by atoms with Gasteiger partial charge in [-0.25, -0.2) is 14.0 Å². The predicted octanol–water partition coefficient (Wildman–Crippen LogP) is 1.74. The van der Waals surface area contributed by atoms with Crippen LogP contribution in [0.4, 0.5) is 18.9 Å². The Morgan fingerprint density at radius 3 is 2.62 bits per heavy atom. The van der Waals surface area contributed by atoms with Gasteiger partial charge in [0.1, 0.15) is 5.69 Å². The summed E-state index contributed by atoms with van der Waals surface area (Å²) in [6.45, 7) is 3.75. The van der Waals surface area contributed by atoms with Crippen LogP contribution < -0.4 is 25.8 Å². The number of hydrazine groups is 2. The smallest absolute Gasteiger partial charge is 0.403 e.